The monoisotopic (exact) mass is 484 g/mol. The van der Waals surface area contributed by atoms with Crippen molar-refractivity contribution in [2.24, 2.45) is 5.92 Å². The minimum atomic E-state index is -0.715. The lowest BCUT2D eigenvalue weighted by atomic mass is 10.1. The molecule has 0 aliphatic carbocycles. The van der Waals surface area contributed by atoms with Crippen molar-refractivity contribution in [3.05, 3.63) is 69.5 Å². The van der Waals surface area contributed by atoms with E-state index in [-0.39, 0.29) is 35.8 Å². The molecule has 0 saturated heterocycles. The normalized spacial score (nSPS) is 12.0. The molecule has 2 amide bonds. The van der Waals surface area contributed by atoms with Crippen molar-refractivity contribution in [1.82, 2.24) is 10.2 Å². The highest BCUT2D eigenvalue weighted by Crippen LogP contribution is 2.27. The first kappa shape index (κ1) is 25.5. The maximum Gasteiger partial charge on any atom is 0.242 e. The van der Waals surface area contributed by atoms with Gasteiger partial charge < -0.3 is 10.2 Å². The van der Waals surface area contributed by atoms with Gasteiger partial charge in [0.25, 0.3) is 0 Å². The third-order valence-electron chi connectivity index (χ3n) is 4.68. The van der Waals surface area contributed by atoms with E-state index in [1.807, 2.05) is 13.8 Å². The SMILES string of the molecule is CC(C)CNC(=O)C(C)N(Cc1c(Cl)cccc1Cl)C(=O)CSCc1ccccc1F. The molecule has 4 nitrogen and oxygen atoms in total. The van der Waals surface area contributed by atoms with Gasteiger partial charge >= 0.3 is 0 Å². The molecule has 1 atom stereocenters. The predicted molar refractivity (Wildman–Crippen MR) is 127 cm³/mol. The van der Waals surface area contributed by atoms with Gasteiger partial charge in [-0.1, -0.05) is 61.3 Å². The number of amides is 2. The van der Waals surface area contributed by atoms with E-state index >= 15 is 0 Å². The molecule has 8 heteroatoms. The van der Waals surface area contributed by atoms with Crippen LogP contribution in [0, 0.1) is 11.7 Å². The van der Waals surface area contributed by atoms with E-state index < -0.39 is 6.04 Å². The molecule has 1 N–H and O–H groups in total. The Morgan fingerprint density at radius 2 is 1.71 bits per heavy atom. The van der Waals surface area contributed by atoms with Crippen molar-refractivity contribution >= 4 is 46.8 Å². The van der Waals surface area contributed by atoms with Crippen molar-refractivity contribution in [3.8, 4) is 0 Å². The number of carbonyl (C=O) groups is 2. The molecule has 1 unspecified atom stereocenters. The largest absolute Gasteiger partial charge is 0.354 e. The zero-order valence-electron chi connectivity index (χ0n) is 17.8. The first-order valence-electron chi connectivity index (χ1n) is 10.0. The Bertz CT molecular complexity index is 891. The fourth-order valence-electron chi connectivity index (χ4n) is 2.84. The van der Waals surface area contributed by atoms with Crippen LogP contribution in [0.25, 0.3) is 0 Å². The van der Waals surface area contributed by atoms with Crippen LogP contribution in [0.1, 0.15) is 31.9 Å². The van der Waals surface area contributed by atoms with E-state index in [9.17, 15) is 14.0 Å². The summed E-state index contributed by atoms with van der Waals surface area (Å²) >= 11 is 13.9. The second-order valence-corrected chi connectivity index (χ2v) is 9.42. The van der Waals surface area contributed by atoms with Gasteiger partial charge in [0.1, 0.15) is 11.9 Å². The molecule has 31 heavy (non-hydrogen) atoms. The van der Waals surface area contributed by atoms with Gasteiger partial charge in [0.05, 0.1) is 5.75 Å². The molecule has 0 aromatic heterocycles. The molecule has 0 aliphatic heterocycles. The molecule has 2 aromatic carbocycles. The molecule has 168 valence electrons. The maximum absolute atomic E-state index is 13.8. The van der Waals surface area contributed by atoms with E-state index in [1.54, 1.807) is 43.3 Å². The molecule has 0 heterocycles. The molecule has 2 aromatic rings. The van der Waals surface area contributed by atoms with Crippen molar-refractivity contribution < 1.29 is 14.0 Å². The lowest BCUT2D eigenvalue weighted by molar-refractivity contribution is -0.138. The topological polar surface area (TPSA) is 49.4 Å². The number of nitrogens with one attached hydrogen (secondary N) is 1. The standard InChI is InChI=1S/C23H27Cl2FN2O2S/c1-15(2)11-27-23(30)16(3)28(12-18-19(24)8-6-9-20(18)25)22(29)14-31-13-17-7-4-5-10-21(17)26/h4-10,15-16H,11-14H2,1-3H3,(H,27,30). The van der Waals surface area contributed by atoms with Gasteiger partial charge in [0.2, 0.25) is 11.8 Å². The minimum absolute atomic E-state index is 0.0954. The van der Waals surface area contributed by atoms with Crippen LogP contribution >= 0.6 is 35.0 Å². The summed E-state index contributed by atoms with van der Waals surface area (Å²) in [6.07, 6.45) is 0. The fourth-order valence-corrected chi connectivity index (χ4v) is 4.25. The summed E-state index contributed by atoms with van der Waals surface area (Å²) in [6.45, 7) is 6.29. The molecule has 0 aliphatic rings. The van der Waals surface area contributed by atoms with Crippen LogP contribution < -0.4 is 5.32 Å². The molecule has 0 saturated carbocycles. The molecule has 0 bridgehead atoms. The second kappa shape index (κ2) is 12.3. The molecular formula is C23H27Cl2FN2O2S. The average Bonchev–Trinajstić information content (AvgIpc) is 2.72. The van der Waals surface area contributed by atoms with Crippen LogP contribution in [0.4, 0.5) is 4.39 Å². The van der Waals surface area contributed by atoms with Gasteiger partial charge in [-0.3, -0.25) is 9.59 Å². The van der Waals surface area contributed by atoms with Gasteiger partial charge in [-0.2, -0.15) is 0 Å². The third-order valence-corrected chi connectivity index (χ3v) is 6.36. The molecular weight excluding hydrogens is 458 g/mol. The van der Waals surface area contributed by atoms with Crippen LogP contribution in [0.15, 0.2) is 42.5 Å². The number of thioether (sulfide) groups is 1. The zero-order valence-corrected chi connectivity index (χ0v) is 20.2. The van der Waals surface area contributed by atoms with Crippen molar-refractivity contribution in [2.75, 3.05) is 12.3 Å². The lowest BCUT2D eigenvalue weighted by Crippen LogP contribution is -2.48. The van der Waals surface area contributed by atoms with Gasteiger partial charge in [0, 0.05) is 34.5 Å². The first-order valence-corrected chi connectivity index (χ1v) is 11.9. The Labute approximate surface area is 197 Å². The van der Waals surface area contributed by atoms with Gasteiger partial charge in [-0.05, 0) is 36.6 Å². The first-order chi connectivity index (χ1) is 14.7. The summed E-state index contributed by atoms with van der Waals surface area (Å²) in [4.78, 5) is 27.2. The van der Waals surface area contributed by atoms with E-state index in [2.05, 4.69) is 5.32 Å². The lowest BCUT2D eigenvalue weighted by Gasteiger charge is -2.29. The van der Waals surface area contributed by atoms with Gasteiger partial charge in [0.15, 0.2) is 0 Å². The van der Waals surface area contributed by atoms with E-state index in [0.29, 0.717) is 33.5 Å². The Morgan fingerprint density at radius 1 is 1.06 bits per heavy atom. The number of benzene rings is 2. The Hall–Kier alpha value is -1.76. The molecule has 0 fully saturated rings. The summed E-state index contributed by atoms with van der Waals surface area (Å²) < 4.78 is 13.8. The highest BCUT2D eigenvalue weighted by atomic mass is 35.5. The highest BCUT2D eigenvalue weighted by molar-refractivity contribution is 7.99. The van der Waals surface area contributed by atoms with Crippen molar-refractivity contribution in [3.63, 3.8) is 0 Å². The van der Waals surface area contributed by atoms with Crippen LogP contribution in [0.5, 0.6) is 0 Å². The van der Waals surface area contributed by atoms with Crippen molar-refractivity contribution in [1.29, 1.82) is 0 Å². The molecule has 2 rings (SSSR count). The summed E-state index contributed by atoms with van der Waals surface area (Å²) in [5, 5.41) is 3.73. The van der Waals surface area contributed by atoms with Gasteiger partial charge in [-0.25, -0.2) is 4.39 Å². The Kier molecular flexibility index (Phi) is 10.1. The number of nitrogens with zero attached hydrogens (tertiary/aromatic N) is 1. The van der Waals surface area contributed by atoms with Crippen LogP contribution in [0.3, 0.4) is 0 Å². The number of halogens is 3. The van der Waals surface area contributed by atoms with E-state index in [4.69, 9.17) is 23.2 Å². The van der Waals surface area contributed by atoms with E-state index in [1.165, 1.54) is 22.7 Å². The van der Waals surface area contributed by atoms with E-state index in [0.717, 1.165) is 0 Å². The number of hydrogen-bond acceptors (Lipinski definition) is 3. The van der Waals surface area contributed by atoms with Crippen LogP contribution in [-0.2, 0) is 21.9 Å². The minimum Gasteiger partial charge on any atom is -0.354 e. The smallest absolute Gasteiger partial charge is 0.242 e. The summed E-state index contributed by atoms with van der Waals surface area (Å²) in [5.41, 5.74) is 1.12. The van der Waals surface area contributed by atoms with Crippen LogP contribution in [-0.4, -0.2) is 35.1 Å². The third kappa shape index (κ3) is 7.70. The summed E-state index contributed by atoms with van der Waals surface area (Å²) in [5.74, 6) is -0.0577. The second-order valence-electron chi connectivity index (χ2n) is 7.62. The fraction of sp³-hybridized carbons (Fsp3) is 0.391. The van der Waals surface area contributed by atoms with Crippen LogP contribution in [0.2, 0.25) is 10.0 Å². The maximum atomic E-state index is 13.8. The quantitative estimate of drug-likeness (QED) is 0.480. The van der Waals surface area contributed by atoms with Crippen molar-refractivity contribution in [2.45, 2.75) is 39.1 Å². The summed E-state index contributed by atoms with van der Waals surface area (Å²) in [7, 11) is 0. The molecule has 0 spiro atoms. The average molecular weight is 485 g/mol. The Morgan fingerprint density at radius 3 is 2.32 bits per heavy atom. The molecule has 0 radical (unpaired) electrons. The summed E-state index contributed by atoms with van der Waals surface area (Å²) in [6, 6.07) is 10.9. The number of hydrogen-bond donors (Lipinski definition) is 1. The highest BCUT2D eigenvalue weighted by Gasteiger charge is 2.27. The zero-order chi connectivity index (χ0) is 23.0. The van der Waals surface area contributed by atoms with Gasteiger partial charge in [-0.15, -0.1) is 11.8 Å². The number of rotatable bonds is 10. The Balaban J connectivity index is 2.14. The number of carbonyl (C=O) groups excluding carboxylic acids is 2. The predicted octanol–water partition coefficient (Wildman–Crippen LogP) is 5.56.